The molecular weight excluding hydrogens is 81.0 g/mol. The van der Waals surface area contributed by atoms with E-state index in [9.17, 15) is 4.39 Å². The first-order chi connectivity index (χ1) is 2.84. The highest BCUT2D eigenvalue weighted by Gasteiger charge is 2.44. The van der Waals surface area contributed by atoms with Gasteiger partial charge in [-0.05, 0) is 0 Å². The third-order valence-corrected chi connectivity index (χ3v) is 0.847. The van der Waals surface area contributed by atoms with Gasteiger partial charge in [0.2, 0.25) is 0 Å². The normalized spacial score (nSPS) is 41.3. The molecule has 0 heterocycles. The Morgan fingerprint density at radius 2 is 2.33 bits per heavy atom. The van der Waals surface area contributed by atoms with Crippen LogP contribution in [0.2, 0.25) is 0 Å². The zero-order valence-electron chi connectivity index (χ0n) is 3.19. The molecule has 0 aromatic heterocycles. The number of alkyl halides is 1. The average molecular weight is 85.1 g/mol. The van der Waals surface area contributed by atoms with Crippen molar-refractivity contribution in [3.63, 3.8) is 0 Å². The fourth-order valence-corrected chi connectivity index (χ4v) is 0.286. The lowest BCUT2D eigenvalue weighted by Gasteiger charge is -1.62. The van der Waals surface area contributed by atoms with E-state index in [1.54, 1.807) is 0 Å². The first kappa shape index (κ1) is 3.60. The van der Waals surface area contributed by atoms with E-state index in [0.717, 1.165) is 0 Å². The van der Waals surface area contributed by atoms with Crippen molar-refractivity contribution in [2.24, 2.45) is 0 Å². The Kier molecular flexibility index (Phi) is 0.564. The van der Waals surface area contributed by atoms with Gasteiger partial charge in [0.1, 0.15) is 0 Å². The highest BCUT2D eigenvalue weighted by atomic mass is 19.1. The van der Waals surface area contributed by atoms with E-state index in [0.29, 0.717) is 6.42 Å². The monoisotopic (exact) mass is 85.0 g/mol. The van der Waals surface area contributed by atoms with Crippen LogP contribution in [0.5, 0.6) is 0 Å². The van der Waals surface area contributed by atoms with Crippen molar-refractivity contribution in [2.75, 3.05) is 0 Å². The Labute approximate surface area is 35.6 Å². The first-order valence-electron chi connectivity index (χ1n) is 1.85. The van der Waals surface area contributed by atoms with Crippen molar-refractivity contribution in [3.05, 3.63) is 11.4 Å². The van der Waals surface area contributed by atoms with E-state index in [4.69, 9.17) is 6.57 Å². The third-order valence-electron chi connectivity index (χ3n) is 0.847. The Morgan fingerprint density at radius 1 is 1.83 bits per heavy atom. The molecule has 1 fully saturated rings. The van der Waals surface area contributed by atoms with Gasteiger partial charge in [-0.2, -0.15) is 0 Å². The van der Waals surface area contributed by atoms with Crippen molar-refractivity contribution < 1.29 is 4.39 Å². The van der Waals surface area contributed by atoms with E-state index in [-0.39, 0.29) is 6.04 Å². The molecule has 6 heavy (non-hydrogen) atoms. The highest BCUT2D eigenvalue weighted by Crippen LogP contribution is 2.28. The van der Waals surface area contributed by atoms with Gasteiger partial charge in [-0.3, -0.25) is 0 Å². The van der Waals surface area contributed by atoms with Crippen LogP contribution in [0.1, 0.15) is 6.42 Å². The van der Waals surface area contributed by atoms with Crippen molar-refractivity contribution in [2.45, 2.75) is 18.6 Å². The second-order valence-corrected chi connectivity index (χ2v) is 1.45. The fraction of sp³-hybridized carbons (Fsp3) is 0.750. The van der Waals surface area contributed by atoms with Crippen LogP contribution < -0.4 is 0 Å². The summed E-state index contributed by atoms with van der Waals surface area (Å²) in [7, 11) is 0. The molecule has 0 aromatic carbocycles. The number of hydrogen-bond acceptors (Lipinski definition) is 0. The molecule has 2 unspecified atom stereocenters. The van der Waals surface area contributed by atoms with Crippen molar-refractivity contribution in [3.8, 4) is 0 Å². The van der Waals surface area contributed by atoms with Gasteiger partial charge in [-0.25, -0.2) is 11.0 Å². The van der Waals surface area contributed by atoms with Crippen LogP contribution in [-0.2, 0) is 0 Å². The lowest BCUT2D eigenvalue weighted by Crippen LogP contribution is -1.72. The predicted octanol–water partition coefficient (Wildman–Crippen LogP) is 1.02. The quantitative estimate of drug-likeness (QED) is 0.387. The van der Waals surface area contributed by atoms with Crippen LogP contribution in [0.25, 0.3) is 4.85 Å². The van der Waals surface area contributed by atoms with Crippen LogP contribution >= 0.6 is 0 Å². The Morgan fingerprint density at radius 3 is 2.33 bits per heavy atom. The molecule has 2 heteroatoms. The van der Waals surface area contributed by atoms with Crippen LogP contribution in [-0.4, -0.2) is 12.2 Å². The zero-order valence-corrected chi connectivity index (χ0v) is 3.19. The topological polar surface area (TPSA) is 4.36 Å². The molecule has 0 saturated heterocycles. The SMILES string of the molecule is [C-]#[N+]C1CC1F. The van der Waals surface area contributed by atoms with Crippen molar-refractivity contribution >= 4 is 0 Å². The molecule has 1 aliphatic rings. The molecular formula is C4H4FN. The lowest BCUT2D eigenvalue weighted by atomic mass is 10.8. The molecule has 1 saturated carbocycles. The maximum atomic E-state index is 11.6. The molecule has 0 spiro atoms. The molecule has 1 rings (SSSR count). The molecule has 0 bridgehead atoms. The number of rotatable bonds is 0. The van der Waals surface area contributed by atoms with Gasteiger partial charge >= 0.3 is 0 Å². The molecule has 0 aromatic rings. The summed E-state index contributed by atoms with van der Waals surface area (Å²) >= 11 is 0. The minimum absolute atomic E-state index is 0.273. The average Bonchev–Trinajstić information content (AvgIpc) is 2.19. The second kappa shape index (κ2) is 0.939. The minimum Gasteiger partial charge on any atom is -0.310 e. The van der Waals surface area contributed by atoms with E-state index in [1.807, 2.05) is 0 Å². The van der Waals surface area contributed by atoms with E-state index >= 15 is 0 Å². The molecule has 0 aliphatic heterocycles. The van der Waals surface area contributed by atoms with Gasteiger partial charge in [-0.15, -0.1) is 0 Å². The Balaban J connectivity index is 2.31. The highest BCUT2D eigenvalue weighted by molar-refractivity contribution is 5.01. The standard InChI is InChI=1S/C4H4FN/c1-6-4-2-3(4)5/h3-4H,2H2. The maximum absolute atomic E-state index is 11.6. The van der Waals surface area contributed by atoms with Crippen molar-refractivity contribution in [1.29, 1.82) is 0 Å². The molecule has 2 atom stereocenters. The molecule has 1 aliphatic carbocycles. The predicted molar refractivity (Wildman–Crippen MR) is 19.9 cm³/mol. The van der Waals surface area contributed by atoms with Gasteiger partial charge in [-0.1, -0.05) is 0 Å². The van der Waals surface area contributed by atoms with Gasteiger partial charge in [0, 0.05) is 0 Å². The first-order valence-corrected chi connectivity index (χ1v) is 1.85. The van der Waals surface area contributed by atoms with E-state index in [1.165, 1.54) is 0 Å². The second-order valence-electron chi connectivity index (χ2n) is 1.45. The smallest absolute Gasteiger partial charge is 0.257 e. The van der Waals surface area contributed by atoms with Gasteiger partial charge in [0.15, 0.2) is 6.17 Å². The number of hydrogen-bond donors (Lipinski definition) is 0. The summed E-state index contributed by atoms with van der Waals surface area (Å²) in [6, 6.07) is -0.273. The number of halogens is 1. The van der Waals surface area contributed by atoms with Crippen molar-refractivity contribution in [1.82, 2.24) is 0 Å². The summed E-state index contributed by atoms with van der Waals surface area (Å²) in [4.78, 5) is 2.96. The molecule has 1 nitrogen and oxygen atoms in total. The summed E-state index contributed by atoms with van der Waals surface area (Å²) in [5, 5.41) is 0. The maximum Gasteiger partial charge on any atom is 0.257 e. The Bertz CT molecular complexity index is 94.2. The lowest BCUT2D eigenvalue weighted by molar-refractivity contribution is 0.475. The number of nitrogens with zero attached hydrogens (tertiary/aromatic N) is 1. The third kappa shape index (κ3) is 0.364. The summed E-state index contributed by atoms with van der Waals surface area (Å²) in [5.41, 5.74) is 0. The van der Waals surface area contributed by atoms with Crippen LogP contribution in [0.3, 0.4) is 0 Å². The summed E-state index contributed by atoms with van der Waals surface area (Å²) < 4.78 is 11.6. The van der Waals surface area contributed by atoms with Crippen LogP contribution in [0, 0.1) is 6.57 Å². The van der Waals surface area contributed by atoms with E-state index in [2.05, 4.69) is 4.85 Å². The largest absolute Gasteiger partial charge is 0.310 e. The molecule has 0 amide bonds. The summed E-state index contributed by atoms with van der Waals surface area (Å²) in [6.45, 7) is 6.24. The van der Waals surface area contributed by atoms with E-state index < -0.39 is 6.17 Å². The van der Waals surface area contributed by atoms with Crippen LogP contribution in [0.15, 0.2) is 0 Å². The van der Waals surface area contributed by atoms with Gasteiger partial charge in [0.05, 0.1) is 6.42 Å². The minimum atomic E-state index is -0.789. The van der Waals surface area contributed by atoms with Crippen LogP contribution in [0.4, 0.5) is 4.39 Å². The zero-order chi connectivity index (χ0) is 4.57. The fourth-order valence-electron chi connectivity index (χ4n) is 0.286. The molecule has 32 valence electrons. The van der Waals surface area contributed by atoms with Gasteiger partial charge in [0.25, 0.3) is 6.04 Å². The molecule has 0 radical (unpaired) electrons. The summed E-state index contributed by atoms with van der Waals surface area (Å²) in [6.07, 6.45) is -0.314. The summed E-state index contributed by atoms with van der Waals surface area (Å²) in [5.74, 6) is 0. The molecule has 0 N–H and O–H groups in total. The van der Waals surface area contributed by atoms with Gasteiger partial charge < -0.3 is 4.85 Å². The Hall–Kier alpha value is -0.580.